The van der Waals surface area contributed by atoms with E-state index >= 15 is 0 Å². The van der Waals surface area contributed by atoms with E-state index in [-0.39, 0.29) is 17.9 Å². The Balaban J connectivity index is 1.96. The summed E-state index contributed by atoms with van der Waals surface area (Å²) < 4.78 is 5.06. The van der Waals surface area contributed by atoms with Crippen LogP contribution in [0.4, 0.5) is 4.79 Å². The molecule has 5 heteroatoms. The first-order valence-electron chi connectivity index (χ1n) is 8.39. The van der Waals surface area contributed by atoms with Crippen LogP contribution in [0.2, 0.25) is 0 Å². The lowest BCUT2D eigenvalue weighted by atomic mass is 9.93. The largest absolute Gasteiger partial charge is 0.450 e. The molecule has 0 aromatic heterocycles. The summed E-state index contributed by atoms with van der Waals surface area (Å²) in [4.78, 5) is 28.4. The second kappa shape index (κ2) is 7.66. The Morgan fingerprint density at radius 1 is 1.10 bits per heavy atom. The molecule has 2 aliphatic heterocycles. The van der Waals surface area contributed by atoms with E-state index in [1.165, 1.54) is 6.42 Å². The van der Waals surface area contributed by atoms with E-state index in [0.717, 1.165) is 38.6 Å². The van der Waals surface area contributed by atoms with E-state index in [1.807, 2.05) is 6.92 Å². The first kappa shape index (κ1) is 16.1. The van der Waals surface area contributed by atoms with E-state index in [2.05, 4.69) is 11.8 Å². The molecule has 2 unspecified atom stereocenters. The maximum atomic E-state index is 12.8. The van der Waals surface area contributed by atoms with E-state index < -0.39 is 0 Å². The molecule has 5 nitrogen and oxygen atoms in total. The minimum absolute atomic E-state index is 0.0460. The highest BCUT2D eigenvalue weighted by Gasteiger charge is 2.34. The zero-order valence-corrected chi connectivity index (χ0v) is 13.3. The zero-order chi connectivity index (χ0) is 15.2. The number of hydrogen-bond donors (Lipinski definition) is 0. The van der Waals surface area contributed by atoms with Crippen molar-refractivity contribution in [2.75, 3.05) is 26.2 Å². The van der Waals surface area contributed by atoms with Gasteiger partial charge in [0.25, 0.3) is 0 Å². The summed E-state index contributed by atoms with van der Waals surface area (Å²) in [5.41, 5.74) is 0. The quantitative estimate of drug-likeness (QED) is 0.804. The molecular formula is C16H28N2O3. The van der Waals surface area contributed by atoms with Gasteiger partial charge in [-0.3, -0.25) is 4.79 Å². The van der Waals surface area contributed by atoms with Gasteiger partial charge in [-0.2, -0.15) is 0 Å². The molecule has 2 heterocycles. The van der Waals surface area contributed by atoms with Gasteiger partial charge in [0.2, 0.25) is 5.91 Å². The Hall–Kier alpha value is -1.26. The number of nitrogens with zero attached hydrogens (tertiary/aromatic N) is 2. The molecule has 0 aromatic carbocycles. The van der Waals surface area contributed by atoms with Crippen molar-refractivity contribution in [2.24, 2.45) is 5.92 Å². The first-order chi connectivity index (χ1) is 10.2. The fraction of sp³-hybridized carbons (Fsp3) is 0.875. The summed E-state index contributed by atoms with van der Waals surface area (Å²) in [6.45, 7) is 6.46. The van der Waals surface area contributed by atoms with E-state index in [4.69, 9.17) is 4.74 Å². The molecule has 2 atom stereocenters. The highest BCUT2D eigenvalue weighted by atomic mass is 16.6. The van der Waals surface area contributed by atoms with Crippen molar-refractivity contribution in [3.05, 3.63) is 0 Å². The van der Waals surface area contributed by atoms with Crippen molar-refractivity contribution in [3.63, 3.8) is 0 Å². The molecule has 2 aliphatic rings. The lowest BCUT2D eigenvalue weighted by Gasteiger charge is -2.40. The predicted octanol–water partition coefficient (Wildman–Crippen LogP) is 2.65. The molecule has 0 aliphatic carbocycles. The third-order valence-corrected chi connectivity index (χ3v) is 4.68. The van der Waals surface area contributed by atoms with Crippen LogP contribution in [0.3, 0.4) is 0 Å². The monoisotopic (exact) mass is 296 g/mol. The number of carbonyl (C=O) groups is 2. The molecule has 0 N–H and O–H groups in total. The highest BCUT2D eigenvalue weighted by Crippen LogP contribution is 2.25. The smallest absolute Gasteiger partial charge is 0.409 e. The van der Waals surface area contributed by atoms with Gasteiger partial charge in [-0.1, -0.05) is 6.92 Å². The fourth-order valence-electron chi connectivity index (χ4n) is 3.51. The number of ether oxygens (including phenoxy) is 1. The van der Waals surface area contributed by atoms with Crippen LogP contribution in [-0.4, -0.2) is 54.1 Å². The summed E-state index contributed by atoms with van der Waals surface area (Å²) >= 11 is 0. The van der Waals surface area contributed by atoms with Crippen LogP contribution in [0.15, 0.2) is 0 Å². The number of rotatable bonds is 3. The van der Waals surface area contributed by atoms with Crippen LogP contribution >= 0.6 is 0 Å². The number of carbonyl (C=O) groups excluding carboxylic acids is 2. The molecule has 21 heavy (non-hydrogen) atoms. The van der Waals surface area contributed by atoms with Gasteiger partial charge in [-0.25, -0.2) is 4.79 Å². The van der Waals surface area contributed by atoms with Gasteiger partial charge in [-0.15, -0.1) is 0 Å². The summed E-state index contributed by atoms with van der Waals surface area (Å²) in [5.74, 6) is 0.200. The average Bonchev–Trinajstić information content (AvgIpc) is 2.54. The minimum atomic E-state index is -0.277. The molecule has 2 saturated heterocycles. The molecule has 2 amide bonds. The van der Waals surface area contributed by atoms with Crippen molar-refractivity contribution >= 4 is 12.0 Å². The van der Waals surface area contributed by atoms with Crippen LogP contribution in [0.1, 0.15) is 52.4 Å². The second-order valence-electron chi connectivity index (χ2n) is 6.07. The van der Waals surface area contributed by atoms with Gasteiger partial charge < -0.3 is 14.5 Å². The lowest BCUT2D eigenvalue weighted by molar-refractivity contribution is -0.140. The van der Waals surface area contributed by atoms with Crippen molar-refractivity contribution in [3.8, 4) is 0 Å². The van der Waals surface area contributed by atoms with Gasteiger partial charge in [0.05, 0.1) is 12.5 Å². The Morgan fingerprint density at radius 2 is 1.90 bits per heavy atom. The topological polar surface area (TPSA) is 49.9 Å². The average molecular weight is 296 g/mol. The second-order valence-corrected chi connectivity index (χ2v) is 6.07. The van der Waals surface area contributed by atoms with Crippen LogP contribution in [0, 0.1) is 5.92 Å². The number of piperidine rings is 2. The fourth-order valence-corrected chi connectivity index (χ4v) is 3.51. The summed E-state index contributed by atoms with van der Waals surface area (Å²) in [6.07, 6.45) is 5.98. The third kappa shape index (κ3) is 3.89. The normalized spacial score (nSPS) is 26.6. The number of hydrogen-bond acceptors (Lipinski definition) is 3. The van der Waals surface area contributed by atoms with Gasteiger partial charge in [0, 0.05) is 25.7 Å². The van der Waals surface area contributed by atoms with Crippen molar-refractivity contribution in [2.45, 2.75) is 58.4 Å². The lowest BCUT2D eigenvalue weighted by Crippen LogP contribution is -2.51. The molecular weight excluding hydrogens is 268 g/mol. The summed E-state index contributed by atoms with van der Waals surface area (Å²) in [6, 6.07) is 0.393. The van der Waals surface area contributed by atoms with Crippen LogP contribution in [-0.2, 0) is 9.53 Å². The summed E-state index contributed by atoms with van der Waals surface area (Å²) in [5, 5.41) is 0. The Labute approximate surface area is 127 Å². The molecule has 0 aromatic rings. The zero-order valence-electron chi connectivity index (χ0n) is 13.3. The van der Waals surface area contributed by atoms with Gasteiger partial charge in [0.1, 0.15) is 0 Å². The Kier molecular flexibility index (Phi) is 5.88. The van der Waals surface area contributed by atoms with Crippen molar-refractivity contribution < 1.29 is 14.3 Å². The van der Waals surface area contributed by atoms with Crippen LogP contribution < -0.4 is 0 Å². The Bertz CT molecular complexity index is 373. The highest BCUT2D eigenvalue weighted by molar-refractivity contribution is 5.80. The van der Waals surface area contributed by atoms with E-state index in [1.54, 1.807) is 4.90 Å². The van der Waals surface area contributed by atoms with Gasteiger partial charge in [0.15, 0.2) is 0 Å². The van der Waals surface area contributed by atoms with E-state index in [0.29, 0.717) is 25.7 Å². The molecule has 0 radical (unpaired) electrons. The van der Waals surface area contributed by atoms with Gasteiger partial charge in [-0.05, 0) is 45.4 Å². The van der Waals surface area contributed by atoms with Crippen molar-refractivity contribution in [1.82, 2.24) is 9.80 Å². The molecule has 0 saturated carbocycles. The van der Waals surface area contributed by atoms with Crippen LogP contribution in [0.5, 0.6) is 0 Å². The standard InChI is InChI=1S/C16H28N2O3/c1-3-14-9-5-6-11-18(14)15(19)13-8-7-10-17(12-13)16(20)21-4-2/h13-14H,3-12H2,1-2H3. The van der Waals surface area contributed by atoms with Gasteiger partial charge >= 0.3 is 6.09 Å². The SMILES string of the molecule is CCOC(=O)N1CCCC(C(=O)N2CCCCC2CC)C1. The Morgan fingerprint density at radius 3 is 2.62 bits per heavy atom. The summed E-state index contributed by atoms with van der Waals surface area (Å²) in [7, 11) is 0. The molecule has 120 valence electrons. The minimum Gasteiger partial charge on any atom is -0.450 e. The van der Waals surface area contributed by atoms with Crippen LogP contribution in [0.25, 0.3) is 0 Å². The number of likely N-dealkylation sites (tertiary alicyclic amines) is 2. The van der Waals surface area contributed by atoms with Crippen molar-refractivity contribution in [1.29, 1.82) is 0 Å². The molecule has 2 fully saturated rings. The molecule has 0 spiro atoms. The van der Waals surface area contributed by atoms with E-state index in [9.17, 15) is 9.59 Å². The first-order valence-corrected chi connectivity index (χ1v) is 8.39. The molecule has 2 rings (SSSR count). The third-order valence-electron chi connectivity index (χ3n) is 4.68. The molecule has 0 bridgehead atoms. The number of amides is 2. The maximum Gasteiger partial charge on any atom is 0.409 e. The maximum absolute atomic E-state index is 12.8. The predicted molar refractivity (Wildman–Crippen MR) is 81.0 cm³/mol.